The van der Waals surface area contributed by atoms with Crippen molar-refractivity contribution in [2.75, 3.05) is 0 Å². The maximum absolute atomic E-state index is 5.72. The Hall–Kier alpha value is -1.58. The largest absolute Gasteiger partial charge is 0.445 e. The molecule has 2 heterocycles. The molecule has 2 unspecified atom stereocenters. The van der Waals surface area contributed by atoms with E-state index < -0.39 is 0 Å². The lowest BCUT2D eigenvalue weighted by atomic mass is 9.96. The highest BCUT2D eigenvalue weighted by molar-refractivity contribution is 5.07. The molecule has 1 N–H and O–H groups in total. The summed E-state index contributed by atoms with van der Waals surface area (Å²) < 4.78 is 5.72. The van der Waals surface area contributed by atoms with Gasteiger partial charge in [0.05, 0.1) is 6.20 Å². The van der Waals surface area contributed by atoms with Gasteiger partial charge in [-0.1, -0.05) is 27.7 Å². The first kappa shape index (κ1) is 14.8. The number of aryl methyl sites for hydroxylation is 2. The van der Waals surface area contributed by atoms with Crippen molar-refractivity contribution in [3.8, 4) is 0 Å². The zero-order valence-corrected chi connectivity index (χ0v) is 12.9. The van der Waals surface area contributed by atoms with Crippen LogP contribution >= 0.6 is 0 Å². The summed E-state index contributed by atoms with van der Waals surface area (Å²) in [6.45, 7) is 8.62. The van der Waals surface area contributed by atoms with Gasteiger partial charge in [-0.25, -0.2) is 9.97 Å². The Morgan fingerprint density at radius 1 is 1.05 bits per heavy atom. The standard InChI is InChI=1S/C16H25N3O/c1-5-13-9-18-16(20-13)12(4)8-7-11(3)14-10-17-15(6-2)19-14/h9-12H,5-8H2,1-4H3,(H,17,19). The van der Waals surface area contributed by atoms with Crippen LogP contribution in [0.3, 0.4) is 0 Å². The van der Waals surface area contributed by atoms with E-state index in [2.05, 4.69) is 42.6 Å². The molecule has 0 aliphatic rings. The van der Waals surface area contributed by atoms with Crippen molar-refractivity contribution in [2.24, 2.45) is 0 Å². The Morgan fingerprint density at radius 2 is 1.80 bits per heavy atom. The van der Waals surface area contributed by atoms with Crippen LogP contribution in [-0.2, 0) is 12.8 Å². The molecule has 0 aliphatic heterocycles. The predicted octanol–water partition coefficient (Wildman–Crippen LogP) is 4.21. The molecule has 0 bridgehead atoms. The third kappa shape index (κ3) is 3.50. The van der Waals surface area contributed by atoms with Crippen LogP contribution in [0.4, 0.5) is 0 Å². The van der Waals surface area contributed by atoms with Gasteiger partial charge < -0.3 is 9.40 Å². The third-order valence-corrected chi connectivity index (χ3v) is 3.89. The topological polar surface area (TPSA) is 54.7 Å². The molecule has 0 spiro atoms. The second-order valence-corrected chi connectivity index (χ2v) is 5.54. The van der Waals surface area contributed by atoms with E-state index in [4.69, 9.17) is 4.42 Å². The highest BCUT2D eigenvalue weighted by Crippen LogP contribution is 2.26. The second-order valence-electron chi connectivity index (χ2n) is 5.54. The van der Waals surface area contributed by atoms with Gasteiger partial charge in [-0.15, -0.1) is 0 Å². The minimum absolute atomic E-state index is 0.367. The lowest BCUT2D eigenvalue weighted by molar-refractivity contribution is 0.410. The summed E-state index contributed by atoms with van der Waals surface area (Å²) in [6, 6.07) is 0. The SMILES string of the molecule is CCc1ncc(C(C)CCC(C)c2ncc(CC)o2)[nH]1. The number of hydrogen-bond donors (Lipinski definition) is 1. The molecule has 2 aromatic heterocycles. The number of aromatic amines is 1. The monoisotopic (exact) mass is 275 g/mol. The number of nitrogens with one attached hydrogen (secondary N) is 1. The molecule has 20 heavy (non-hydrogen) atoms. The highest BCUT2D eigenvalue weighted by atomic mass is 16.4. The molecule has 2 atom stereocenters. The van der Waals surface area contributed by atoms with E-state index in [1.165, 1.54) is 5.69 Å². The Bertz CT molecular complexity index is 481. The fourth-order valence-electron chi connectivity index (χ4n) is 2.30. The van der Waals surface area contributed by atoms with Gasteiger partial charge in [0.25, 0.3) is 0 Å². The number of imidazole rings is 1. The molecular formula is C16H25N3O. The molecule has 0 aliphatic carbocycles. The number of oxazole rings is 1. The normalized spacial score (nSPS) is 14.4. The maximum atomic E-state index is 5.72. The van der Waals surface area contributed by atoms with Crippen LogP contribution in [0, 0.1) is 0 Å². The van der Waals surface area contributed by atoms with Gasteiger partial charge in [0.1, 0.15) is 11.6 Å². The van der Waals surface area contributed by atoms with Crippen LogP contribution in [0.2, 0.25) is 0 Å². The smallest absolute Gasteiger partial charge is 0.197 e. The summed E-state index contributed by atoms with van der Waals surface area (Å²) in [7, 11) is 0. The van der Waals surface area contributed by atoms with Gasteiger partial charge >= 0.3 is 0 Å². The molecular weight excluding hydrogens is 250 g/mol. The molecule has 2 aromatic rings. The van der Waals surface area contributed by atoms with Gasteiger partial charge in [-0.2, -0.15) is 0 Å². The summed E-state index contributed by atoms with van der Waals surface area (Å²) in [5.74, 6) is 3.77. The maximum Gasteiger partial charge on any atom is 0.197 e. The van der Waals surface area contributed by atoms with E-state index in [1.807, 2.05) is 12.4 Å². The zero-order valence-electron chi connectivity index (χ0n) is 12.9. The average Bonchev–Trinajstić information content (AvgIpc) is 3.12. The van der Waals surface area contributed by atoms with E-state index >= 15 is 0 Å². The van der Waals surface area contributed by atoms with E-state index in [1.54, 1.807) is 0 Å². The van der Waals surface area contributed by atoms with E-state index in [9.17, 15) is 0 Å². The number of nitrogens with zero attached hydrogens (tertiary/aromatic N) is 2. The van der Waals surface area contributed by atoms with Gasteiger partial charge in [-0.3, -0.25) is 0 Å². The third-order valence-electron chi connectivity index (χ3n) is 3.89. The molecule has 0 radical (unpaired) electrons. The minimum Gasteiger partial charge on any atom is -0.445 e. The van der Waals surface area contributed by atoms with E-state index in [-0.39, 0.29) is 0 Å². The Morgan fingerprint density at radius 3 is 2.40 bits per heavy atom. The Labute approximate surface area is 121 Å². The second kappa shape index (κ2) is 6.73. The zero-order chi connectivity index (χ0) is 14.5. The van der Waals surface area contributed by atoms with Crippen molar-refractivity contribution >= 4 is 0 Å². The highest BCUT2D eigenvalue weighted by Gasteiger charge is 2.15. The van der Waals surface area contributed by atoms with Gasteiger partial charge in [-0.05, 0) is 18.8 Å². The van der Waals surface area contributed by atoms with Crippen LogP contribution in [-0.4, -0.2) is 15.0 Å². The number of aromatic nitrogens is 3. The van der Waals surface area contributed by atoms with Crippen molar-refractivity contribution in [1.29, 1.82) is 0 Å². The van der Waals surface area contributed by atoms with Gasteiger partial charge in [0.15, 0.2) is 5.89 Å². The lowest BCUT2D eigenvalue weighted by Gasteiger charge is -2.12. The number of hydrogen-bond acceptors (Lipinski definition) is 3. The fraction of sp³-hybridized carbons (Fsp3) is 0.625. The molecule has 4 nitrogen and oxygen atoms in total. The van der Waals surface area contributed by atoms with Crippen molar-refractivity contribution in [2.45, 2.75) is 65.2 Å². The summed E-state index contributed by atoms with van der Waals surface area (Å²) in [5.41, 5.74) is 1.23. The molecule has 110 valence electrons. The molecule has 4 heteroatoms. The van der Waals surface area contributed by atoms with E-state index in [0.717, 1.165) is 43.2 Å². The molecule has 2 rings (SSSR count). The minimum atomic E-state index is 0.367. The van der Waals surface area contributed by atoms with Crippen LogP contribution in [0.5, 0.6) is 0 Å². The molecule has 0 fully saturated rings. The summed E-state index contributed by atoms with van der Waals surface area (Å²) >= 11 is 0. The van der Waals surface area contributed by atoms with Crippen molar-refractivity contribution in [3.05, 3.63) is 35.6 Å². The van der Waals surface area contributed by atoms with Crippen molar-refractivity contribution < 1.29 is 4.42 Å². The van der Waals surface area contributed by atoms with E-state index in [0.29, 0.717) is 11.8 Å². The van der Waals surface area contributed by atoms with Crippen LogP contribution in [0.1, 0.15) is 75.5 Å². The average molecular weight is 275 g/mol. The van der Waals surface area contributed by atoms with Crippen LogP contribution in [0.15, 0.2) is 16.8 Å². The summed E-state index contributed by atoms with van der Waals surface area (Å²) in [6.07, 6.45) is 7.86. The number of H-pyrrole nitrogens is 1. The molecule has 0 saturated heterocycles. The molecule has 0 aromatic carbocycles. The van der Waals surface area contributed by atoms with Crippen molar-refractivity contribution in [1.82, 2.24) is 15.0 Å². The Balaban J connectivity index is 1.87. The van der Waals surface area contributed by atoms with Gasteiger partial charge in [0, 0.05) is 30.7 Å². The molecule has 0 amide bonds. The first-order chi connectivity index (χ1) is 9.63. The van der Waals surface area contributed by atoms with Crippen molar-refractivity contribution in [3.63, 3.8) is 0 Å². The predicted molar refractivity (Wildman–Crippen MR) is 79.9 cm³/mol. The summed E-state index contributed by atoms with van der Waals surface area (Å²) in [4.78, 5) is 12.1. The first-order valence-electron chi connectivity index (χ1n) is 7.62. The van der Waals surface area contributed by atoms with Crippen LogP contribution < -0.4 is 0 Å². The fourth-order valence-corrected chi connectivity index (χ4v) is 2.30. The summed E-state index contributed by atoms with van der Waals surface area (Å²) in [5, 5.41) is 0. The van der Waals surface area contributed by atoms with Gasteiger partial charge in [0.2, 0.25) is 0 Å². The number of rotatable bonds is 7. The Kier molecular flexibility index (Phi) is 4.99. The lowest BCUT2D eigenvalue weighted by Crippen LogP contribution is -2.00. The van der Waals surface area contributed by atoms with Crippen LogP contribution in [0.25, 0.3) is 0 Å². The quantitative estimate of drug-likeness (QED) is 0.823. The first-order valence-corrected chi connectivity index (χ1v) is 7.62. The molecule has 0 saturated carbocycles.